The van der Waals surface area contributed by atoms with Crippen LogP contribution in [0.5, 0.6) is 0 Å². The molecule has 210 valence electrons. The molecule has 0 bridgehead atoms. The van der Waals surface area contributed by atoms with Crippen molar-refractivity contribution in [3.8, 4) is 28.3 Å². The lowest BCUT2D eigenvalue weighted by atomic mass is 9.98. The Bertz CT molecular complexity index is 1840. The number of aliphatic hydroxyl groups excluding tert-OH is 1. The second-order valence-electron chi connectivity index (χ2n) is 11.1. The molecule has 0 unspecified atom stereocenters. The second kappa shape index (κ2) is 10.2. The van der Waals surface area contributed by atoms with Crippen LogP contribution in [-0.2, 0) is 13.6 Å². The monoisotopic (exact) mass is 573 g/mol. The summed E-state index contributed by atoms with van der Waals surface area (Å²) in [6, 6.07) is 10.3. The summed E-state index contributed by atoms with van der Waals surface area (Å²) >= 11 is 6.62. The number of aliphatic hydroxyl groups is 1. The molecule has 0 aliphatic heterocycles. The fourth-order valence-electron chi connectivity index (χ4n) is 5.75. The van der Waals surface area contributed by atoms with Crippen LogP contribution in [0.2, 0.25) is 5.02 Å². The molecule has 7 rings (SSSR count). The molecular weight excluding hydrogens is 545 g/mol. The zero-order valence-electron chi connectivity index (χ0n) is 22.5. The Morgan fingerprint density at radius 2 is 1.95 bits per heavy atom. The summed E-state index contributed by atoms with van der Waals surface area (Å²) < 4.78 is 19.3. The Kier molecular flexibility index (Phi) is 6.49. The minimum absolute atomic E-state index is 0.0220. The molecule has 0 amide bonds. The van der Waals surface area contributed by atoms with Crippen LogP contribution in [-0.4, -0.2) is 46.0 Å². The van der Waals surface area contributed by atoms with Crippen LogP contribution in [0.1, 0.15) is 49.3 Å². The van der Waals surface area contributed by atoms with Gasteiger partial charge >= 0.3 is 5.69 Å². The molecule has 2 aliphatic rings. The van der Waals surface area contributed by atoms with E-state index < -0.39 is 0 Å². The van der Waals surface area contributed by atoms with E-state index >= 15 is 0 Å². The van der Waals surface area contributed by atoms with E-state index in [0.717, 1.165) is 54.5 Å². The van der Waals surface area contributed by atoms with Crippen LogP contribution in [0.15, 0.2) is 59.9 Å². The predicted molar refractivity (Wildman–Crippen MR) is 154 cm³/mol. The largest absolute Gasteiger partial charge is 0.392 e. The minimum Gasteiger partial charge on any atom is -0.392 e. The molecule has 1 aromatic carbocycles. The van der Waals surface area contributed by atoms with Gasteiger partial charge in [0, 0.05) is 59.8 Å². The zero-order valence-corrected chi connectivity index (χ0v) is 23.2. The first-order valence-corrected chi connectivity index (χ1v) is 14.2. The number of nitrogens with one attached hydrogen (secondary N) is 1. The summed E-state index contributed by atoms with van der Waals surface area (Å²) in [6.07, 6.45) is 9.46. The predicted octanol–water partition coefficient (Wildman–Crippen LogP) is 4.62. The lowest BCUT2D eigenvalue weighted by Gasteiger charge is -2.17. The van der Waals surface area contributed by atoms with Gasteiger partial charge in [-0.2, -0.15) is 0 Å². The first-order chi connectivity index (χ1) is 19.9. The third kappa shape index (κ3) is 4.86. The fourth-order valence-corrected chi connectivity index (χ4v) is 5.98. The maximum absolute atomic E-state index is 14.4. The highest BCUT2D eigenvalue weighted by molar-refractivity contribution is 6.31. The molecule has 11 heteroatoms. The molecule has 0 spiro atoms. The van der Waals surface area contributed by atoms with Gasteiger partial charge in [-0.1, -0.05) is 17.7 Å². The third-order valence-electron chi connectivity index (χ3n) is 8.17. The van der Waals surface area contributed by atoms with Crippen molar-refractivity contribution < 1.29 is 9.50 Å². The van der Waals surface area contributed by atoms with Crippen molar-refractivity contribution in [3.63, 3.8) is 0 Å². The second-order valence-corrected chi connectivity index (χ2v) is 11.5. The first kappa shape index (κ1) is 26.1. The Hall–Kier alpha value is -3.86. The van der Waals surface area contributed by atoms with E-state index in [4.69, 9.17) is 16.6 Å². The van der Waals surface area contributed by atoms with E-state index in [9.17, 15) is 14.3 Å². The number of nitrogens with zero attached hydrogens (tertiary/aromatic N) is 6. The molecule has 41 heavy (non-hydrogen) atoms. The van der Waals surface area contributed by atoms with Gasteiger partial charge in [-0.25, -0.2) is 14.2 Å². The number of hydrogen-bond donors (Lipinski definition) is 2. The van der Waals surface area contributed by atoms with E-state index in [1.807, 2.05) is 19.2 Å². The summed E-state index contributed by atoms with van der Waals surface area (Å²) in [5, 5.41) is 22.3. The van der Waals surface area contributed by atoms with Crippen molar-refractivity contribution in [2.24, 2.45) is 7.05 Å². The third-order valence-corrected chi connectivity index (χ3v) is 8.52. The molecule has 4 aromatic heterocycles. The number of aromatic nitrogens is 6. The maximum atomic E-state index is 14.4. The molecule has 5 aromatic rings. The quantitative estimate of drug-likeness (QED) is 0.295. The van der Waals surface area contributed by atoms with Crippen LogP contribution in [0.25, 0.3) is 33.8 Å². The SMILES string of the molecule is Cn1cnnc1-c1cc(F)ccc1-c1cc(C2CC2)nc(-n2cc3cc(Cl)c(CN[C@@H]4CCC[C@@H]4O)cn3c2=O)c1. The standard InChI is InChI=1S/C30H29ClFN7O2/c1-37-16-34-36-29(37)23-11-20(32)7-8-22(23)18-9-26(17-5-6-17)35-28(10-18)39-15-21-12-24(31)19(14-38(21)30(39)41)13-33-25-3-2-4-27(25)40/h7-12,14-17,25,27,33,40H,2-6,13H2,1H3/t25-,27+/m1/s1. The van der Waals surface area contributed by atoms with Gasteiger partial charge in [-0.05, 0) is 73.6 Å². The van der Waals surface area contributed by atoms with E-state index in [0.29, 0.717) is 40.2 Å². The molecule has 2 atom stereocenters. The van der Waals surface area contributed by atoms with Crippen molar-refractivity contribution in [1.29, 1.82) is 0 Å². The van der Waals surface area contributed by atoms with Gasteiger partial charge in [-0.15, -0.1) is 10.2 Å². The number of rotatable bonds is 7. The fraction of sp³-hybridized carbons (Fsp3) is 0.333. The van der Waals surface area contributed by atoms with E-state index in [2.05, 4.69) is 15.5 Å². The van der Waals surface area contributed by atoms with Crippen molar-refractivity contribution >= 4 is 17.1 Å². The maximum Gasteiger partial charge on any atom is 0.338 e. The molecule has 0 radical (unpaired) electrons. The topological polar surface area (TPSA) is 102 Å². The number of benzene rings is 1. The summed E-state index contributed by atoms with van der Waals surface area (Å²) in [6.45, 7) is 0.447. The van der Waals surface area contributed by atoms with Crippen LogP contribution in [0.3, 0.4) is 0 Å². The van der Waals surface area contributed by atoms with Crippen molar-refractivity contribution in [3.05, 3.63) is 87.7 Å². The van der Waals surface area contributed by atoms with Crippen LogP contribution >= 0.6 is 11.6 Å². The Morgan fingerprint density at radius 1 is 1.10 bits per heavy atom. The van der Waals surface area contributed by atoms with Crippen LogP contribution < -0.4 is 11.0 Å². The first-order valence-electron chi connectivity index (χ1n) is 13.9. The van der Waals surface area contributed by atoms with Crippen molar-refractivity contribution in [2.75, 3.05) is 0 Å². The summed E-state index contributed by atoms with van der Waals surface area (Å²) in [5.74, 6) is 0.968. The number of fused-ring (bicyclic) bond motifs is 1. The number of pyridine rings is 2. The average Bonchev–Trinajstić information content (AvgIpc) is 3.49. The van der Waals surface area contributed by atoms with Gasteiger partial charge in [0.05, 0.1) is 11.6 Å². The highest BCUT2D eigenvalue weighted by atomic mass is 35.5. The van der Waals surface area contributed by atoms with Gasteiger partial charge in [0.15, 0.2) is 5.82 Å². The molecule has 2 N–H and O–H groups in total. The number of aryl methyl sites for hydroxylation is 1. The normalized spacial score (nSPS) is 18.9. The lowest BCUT2D eigenvalue weighted by Crippen LogP contribution is -2.35. The lowest BCUT2D eigenvalue weighted by molar-refractivity contribution is 0.148. The van der Waals surface area contributed by atoms with Gasteiger partial charge in [0.25, 0.3) is 0 Å². The molecule has 2 aliphatic carbocycles. The number of halogens is 2. The average molecular weight is 574 g/mol. The van der Waals surface area contributed by atoms with Gasteiger partial charge in [-0.3, -0.25) is 8.97 Å². The van der Waals surface area contributed by atoms with Gasteiger partial charge in [0.1, 0.15) is 18.0 Å². The molecular formula is C30H29ClFN7O2. The highest BCUT2D eigenvalue weighted by Crippen LogP contribution is 2.42. The Morgan fingerprint density at radius 3 is 2.68 bits per heavy atom. The highest BCUT2D eigenvalue weighted by Gasteiger charge is 2.28. The zero-order chi connectivity index (χ0) is 28.2. The van der Waals surface area contributed by atoms with E-state index in [1.165, 1.54) is 16.7 Å². The van der Waals surface area contributed by atoms with Crippen molar-refractivity contribution in [2.45, 2.75) is 56.7 Å². The van der Waals surface area contributed by atoms with Gasteiger partial charge < -0.3 is 15.0 Å². The molecule has 2 fully saturated rings. The molecule has 2 saturated carbocycles. The minimum atomic E-state index is -0.372. The summed E-state index contributed by atoms with van der Waals surface area (Å²) in [5.41, 5.74) is 4.24. The Balaban J connectivity index is 1.31. The summed E-state index contributed by atoms with van der Waals surface area (Å²) in [7, 11) is 1.81. The Labute approximate surface area is 240 Å². The number of imidazole rings is 1. The summed E-state index contributed by atoms with van der Waals surface area (Å²) in [4.78, 5) is 18.6. The number of hydrogen-bond acceptors (Lipinski definition) is 6. The van der Waals surface area contributed by atoms with E-state index in [-0.39, 0.29) is 23.7 Å². The molecule has 0 saturated heterocycles. The van der Waals surface area contributed by atoms with Gasteiger partial charge in [0.2, 0.25) is 0 Å². The van der Waals surface area contributed by atoms with Crippen molar-refractivity contribution in [1.82, 2.24) is 34.0 Å². The van der Waals surface area contributed by atoms with E-state index in [1.54, 1.807) is 39.8 Å². The smallest absolute Gasteiger partial charge is 0.338 e. The van der Waals surface area contributed by atoms with Crippen LogP contribution in [0, 0.1) is 5.82 Å². The molecule has 4 heterocycles. The molecule has 9 nitrogen and oxygen atoms in total. The van der Waals surface area contributed by atoms with Crippen LogP contribution in [0.4, 0.5) is 4.39 Å².